The van der Waals surface area contributed by atoms with Crippen LogP contribution in [0, 0.1) is 6.92 Å². The van der Waals surface area contributed by atoms with Crippen LogP contribution in [-0.4, -0.2) is 4.98 Å². The summed E-state index contributed by atoms with van der Waals surface area (Å²) >= 11 is 3.34. The Bertz CT molecular complexity index is 497. The fourth-order valence-electron chi connectivity index (χ4n) is 1.24. The first-order chi connectivity index (χ1) is 7.65. The summed E-state index contributed by atoms with van der Waals surface area (Å²) in [5, 5.41) is 0. The minimum Gasteiger partial charge on any atom is -0.437 e. The van der Waals surface area contributed by atoms with Crippen LogP contribution in [0.15, 0.2) is 41.0 Å². The van der Waals surface area contributed by atoms with E-state index in [2.05, 4.69) is 20.9 Å². The molecule has 2 rings (SSSR count). The van der Waals surface area contributed by atoms with Gasteiger partial charge in [-0.05, 0) is 30.7 Å². The fourth-order valence-corrected chi connectivity index (χ4v) is 1.62. The number of benzene rings is 1. The average Bonchev–Trinajstić information content (AvgIpc) is 2.25. The molecule has 0 atom stereocenters. The number of halogens is 1. The summed E-state index contributed by atoms with van der Waals surface area (Å²) in [7, 11) is 0. The van der Waals surface area contributed by atoms with E-state index in [1.165, 1.54) is 0 Å². The van der Waals surface area contributed by atoms with Crippen molar-refractivity contribution in [3.63, 3.8) is 0 Å². The van der Waals surface area contributed by atoms with Gasteiger partial charge in [0.1, 0.15) is 0 Å². The lowest BCUT2D eigenvalue weighted by Crippen LogP contribution is -1.93. The molecular formula is C12H11BrN2O. The maximum atomic E-state index is 5.82. The van der Waals surface area contributed by atoms with Crippen molar-refractivity contribution in [3.05, 3.63) is 46.6 Å². The first kappa shape index (κ1) is 11.0. The smallest absolute Gasteiger partial charge is 0.219 e. The van der Waals surface area contributed by atoms with Crippen LogP contribution in [0.4, 0.5) is 5.69 Å². The van der Waals surface area contributed by atoms with E-state index in [0.29, 0.717) is 17.3 Å². The zero-order valence-corrected chi connectivity index (χ0v) is 10.4. The number of anilines is 1. The largest absolute Gasteiger partial charge is 0.437 e. The Balaban J connectivity index is 2.23. The van der Waals surface area contributed by atoms with E-state index in [0.717, 1.165) is 10.0 Å². The van der Waals surface area contributed by atoms with Gasteiger partial charge in [0.15, 0.2) is 5.75 Å². The Morgan fingerprint density at radius 3 is 2.69 bits per heavy atom. The van der Waals surface area contributed by atoms with Crippen molar-refractivity contribution < 1.29 is 4.74 Å². The first-order valence-electron chi connectivity index (χ1n) is 4.81. The van der Waals surface area contributed by atoms with Gasteiger partial charge < -0.3 is 10.5 Å². The van der Waals surface area contributed by atoms with E-state index in [1.807, 2.05) is 25.1 Å². The topological polar surface area (TPSA) is 48.1 Å². The number of hydrogen-bond acceptors (Lipinski definition) is 3. The lowest BCUT2D eigenvalue weighted by Gasteiger charge is -2.07. The zero-order valence-electron chi connectivity index (χ0n) is 8.77. The van der Waals surface area contributed by atoms with Gasteiger partial charge in [0.25, 0.3) is 0 Å². The number of rotatable bonds is 2. The molecule has 0 amide bonds. The highest BCUT2D eigenvalue weighted by molar-refractivity contribution is 9.10. The fraction of sp³-hybridized carbons (Fsp3) is 0.0833. The third-order valence-electron chi connectivity index (χ3n) is 2.07. The maximum absolute atomic E-state index is 5.82. The first-order valence-corrected chi connectivity index (χ1v) is 5.60. The quantitative estimate of drug-likeness (QED) is 0.855. The molecule has 0 aliphatic rings. The van der Waals surface area contributed by atoms with E-state index in [4.69, 9.17) is 10.5 Å². The van der Waals surface area contributed by atoms with E-state index >= 15 is 0 Å². The average molecular weight is 279 g/mol. The Hall–Kier alpha value is -1.55. The second-order valence-electron chi connectivity index (χ2n) is 3.46. The number of hydrogen-bond donors (Lipinski definition) is 1. The summed E-state index contributed by atoms with van der Waals surface area (Å²) in [6, 6.07) is 9.23. The molecule has 0 fully saturated rings. The second kappa shape index (κ2) is 4.53. The van der Waals surface area contributed by atoms with Crippen molar-refractivity contribution in [1.29, 1.82) is 0 Å². The highest BCUT2D eigenvalue weighted by Crippen LogP contribution is 2.28. The molecule has 16 heavy (non-hydrogen) atoms. The molecule has 0 aliphatic heterocycles. The molecule has 0 bridgehead atoms. The molecule has 0 unspecified atom stereocenters. The monoisotopic (exact) mass is 278 g/mol. The molecule has 3 nitrogen and oxygen atoms in total. The van der Waals surface area contributed by atoms with Gasteiger partial charge in [-0.2, -0.15) is 0 Å². The van der Waals surface area contributed by atoms with Crippen LogP contribution >= 0.6 is 15.9 Å². The van der Waals surface area contributed by atoms with Crippen molar-refractivity contribution in [1.82, 2.24) is 4.98 Å². The summed E-state index contributed by atoms with van der Waals surface area (Å²) in [6.07, 6.45) is 1.75. The SMILES string of the molecule is Cc1ccc(Oc2ccc(Br)cc2N)nc1. The Kier molecular flexibility index (Phi) is 3.10. The van der Waals surface area contributed by atoms with E-state index in [1.54, 1.807) is 18.3 Å². The molecule has 0 saturated carbocycles. The van der Waals surface area contributed by atoms with Crippen molar-refractivity contribution >= 4 is 21.6 Å². The minimum atomic E-state index is 0.541. The Morgan fingerprint density at radius 1 is 1.25 bits per heavy atom. The predicted molar refractivity (Wildman–Crippen MR) is 67.6 cm³/mol. The van der Waals surface area contributed by atoms with Crippen molar-refractivity contribution in [3.8, 4) is 11.6 Å². The van der Waals surface area contributed by atoms with Crippen LogP contribution in [0.2, 0.25) is 0 Å². The third-order valence-corrected chi connectivity index (χ3v) is 2.56. The predicted octanol–water partition coefficient (Wildman–Crippen LogP) is 3.53. The van der Waals surface area contributed by atoms with Crippen LogP contribution in [0.3, 0.4) is 0 Å². The summed E-state index contributed by atoms with van der Waals surface area (Å²) < 4.78 is 6.49. The Morgan fingerprint density at radius 2 is 2.06 bits per heavy atom. The molecule has 0 aliphatic carbocycles. The molecule has 0 radical (unpaired) electrons. The minimum absolute atomic E-state index is 0.541. The van der Waals surface area contributed by atoms with Gasteiger partial charge in [-0.15, -0.1) is 0 Å². The van der Waals surface area contributed by atoms with E-state index < -0.39 is 0 Å². The van der Waals surface area contributed by atoms with E-state index in [9.17, 15) is 0 Å². The molecule has 0 saturated heterocycles. The number of aryl methyl sites for hydroxylation is 1. The van der Waals surface area contributed by atoms with E-state index in [-0.39, 0.29) is 0 Å². The normalized spacial score (nSPS) is 10.1. The van der Waals surface area contributed by atoms with Gasteiger partial charge in [0.05, 0.1) is 5.69 Å². The van der Waals surface area contributed by atoms with Crippen LogP contribution in [0.1, 0.15) is 5.56 Å². The number of nitrogens with two attached hydrogens (primary N) is 1. The molecule has 2 aromatic rings. The van der Waals surface area contributed by atoms with Gasteiger partial charge in [-0.1, -0.05) is 22.0 Å². The van der Waals surface area contributed by atoms with Gasteiger partial charge in [0.2, 0.25) is 5.88 Å². The van der Waals surface area contributed by atoms with Crippen molar-refractivity contribution in [2.45, 2.75) is 6.92 Å². The lowest BCUT2D eigenvalue weighted by atomic mass is 10.3. The van der Waals surface area contributed by atoms with Gasteiger partial charge in [-0.25, -0.2) is 4.98 Å². The van der Waals surface area contributed by atoms with Gasteiger partial charge >= 0.3 is 0 Å². The van der Waals surface area contributed by atoms with Gasteiger partial charge in [0, 0.05) is 16.7 Å². The standard InChI is InChI=1S/C12H11BrN2O/c1-8-2-5-12(15-7-8)16-11-4-3-9(13)6-10(11)14/h2-7H,14H2,1H3. The maximum Gasteiger partial charge on any atom is 0.219 e. The van der Waals surface area contributed by atoms with Crippen molar-refractivity contribution in [2.24, 2.45) is 0 Å². The summed E-state index contributed by atoms with van der Waals surface area (Å²) in [6.45, 7) is 1.98. The molecule has 0 spiro atoms. The number of pyridine rings is 1. The molecule has 1 heterocycles. The number of aromatic nitrogens is 1. The summed E-state index contributed by atoms with van der Waals surface area (Å²) in [5.41, 5.74) is 7.49. The molecular weight excluding hydrogens is 268 g/mol. The van der Waals surface area contributed by atoms with Gasteiger partial charge in [-0.3, -0.25) is 0 Å². The molecule has 4 heteroatoms. The number of nitrogens with zero attached hydrogens (tertiary/aromatic N) is 1. The van der Waals surface area contributed by atoms with Crippen LogP contribution in [0.25, 0.3) is 0 Å². The molecule has 82 valence electrons. The third kappa shape index (κ3) is 2.52. The molecule has 1 aromatic heterocycles. The highest BCUT2D eigenvalue weighted by atomic mass is 79.9. The molecule has 1 aromatic carbocycles. The zero-order chi connectivity index (χ0) is 11.5. The van der Waals surface area contributed by atoms with Crippen LogP contribution in [-0.2, 0) is 0 Å². The lowest BCUT2D eigenvalue weighted by molar-refractivity contribution is 0.465. The second-order valence-corrected chi connectivity index (χ2v) is 4.37. The number of ether oxygens (including phenoxy) is 1. The molecule has 2 N–H and O–H groups in total. The summed E-state index contributed by atoms with van der Waals surface area (Å²) in [4.78, 5) is 4.15. The van der Waals surface area contributed by atoms with Crippen molar-refractivity contribution in [2.75, 3.05) is 5.73 Å². The highest BCUT2D eigenvalue weighted by Gasteiger charge is 2.03. The number of nitrogen functional groups attached to an aromatic ring is 1. The van der Waals surface area contributed by atoms with Crippen LogP contribution in [0.5, 0.6) is 11.6 Å². The Labute approximate surface area is 102 Å². The van der Waals surface area contributed by atoms with Crippen LogP contribution < -0.4 is 10.5 Å². The summed E-state index contributed by atoms with van der Waals surface area (Å²) in [5.74, 6) is 1.15.